The van der Waals surface area contributed by atoms with Crippen LogP contribution in [0.25, 0.3) is 0 Å². The molecule has 0 aromatic heterocycles. The lowest BCUT2D eigenvalue weighted by molar-refractivity contribution is -0.136. The predicted molar refractivity (Wildman–Crippen MR) is 142 cm³/mol. The third-order valence-corrected chi connectivity index (χ3v) is 6.63. The molecule has 0 unspecified atom stereocenters. The van der Waals surface area contributed by atoms with Crippen LogP contribution in [-0.4, -0.2) is 36.9 Å². The first-order valence-corrected chi connectivity index (χ1v) is 12.6. The van der Waals surface area contributed by atoms with Gasteiger partial charge in [-0.25, -0.2) is 0 Å². The Morgan fingerprint density at radius 2 is 1.71 bits per heavy atom. The van der Waals surface area contributed by atoms with Gasteiger partial charge in [0, 0.05) is 44.5 Å². The second-order valence-corrected chi connectivity index (χ2v) is 11.1. The van der Waals surface area contributed by atoms with Crippen LogP contribution in [0.15, 0.2) is 42.5 Å². The molecule has 0 radical (unpaired) electrons. The summed E-state index contributed by atoms with van der Waals surface area (Å²) in [4.78, 5) is 30.4. The molecule has 184 valence electrons. The van der Waals surface area contributed by atoms with Crippen molar-refractivity contribution in [2.75, 3.05) is 24.3 Å². The van der Waals surface area contributed by atoms with Crippen molar-refractivity contribution in [2.24, 2.45) is 5.41 Å². The Labute approximate surface area is 209 Å². The molecule has 2 amide bonds. The Kier molecular flexibility index (Phi) is 8.64. The molecule has 1 aliphatic carbocycles. The topological polar surface area (TPSA) is 52.7 Å². The van der Waals surface area contributed by atoms with E-state index in [1.807, 2.05) is 32.3 Å². The minimum absolute atomic E-state index is 0.0703. The van der Waals surface area contributed by atoms with E-state index in [0.29, 0.717) is 29.2 Å². The van der Waals surface area contributed by atoms with E-state index in [9.17, 15) is 9.59 Å². The molecule has 0 saturated heterocycles. The van der Waals surface area contributed by atoms with Crippen molar-refractivity contribution in [3.8, 4) is 0 Å². The highest BCUT2D eigenvalue weighted by atomic mass is 35.5. The molecule has 3 rings (SSSR count). The van der Waals surface area contributed by atoms with Gasteiger partial charge in [-0.05, 0) is 54.2 Å². The van der Waals surface area contributed by atoms with Gasteiger partial charge >= 0.3 is 0 Å². The maximum Gasteiger partial charge on any atom is 0.257 e. The zero-order chi connectivity index (χ0) is 24.9. The molecule has 1 aliphatic rings. The Morgan fingerprint density at radius 3 is 2.32 bits per heavy atom. The number of hydrogen-bond donors (Lipinski definition) is 1. The summed E-state index contributed by atoms with van der Waals surface area (Å²) in [7, 11) is 4.01. The van der Waals surface area contributed by atoms with Gasteiger partial charge in [-0.15, -0.1) is 0 Å². The molecule has 0 aliphatic heterocycles. The van der Waals surface area contributed by atoms with Crippen LogP contribution in [0, 0.1) is 5.41 Å². The van der Waals surface area contributed by atoms with E-state index >= 15 is 0 Å². The van der Waals surface area contributed by atoms with E-state index in [2.05, 4.69) is 35.9 Å². The monoisotopic (exact) mass is 483 g/mol. The van der Waals surface area contributed by atoms with Crippen LogP contribution in [-0.2, 0) is 11.3 Å². The van der Waals surface area contributed by atoms with Gasteiger partial charge in [0.2, 0.25) is 5.91 Å². The third kappa shape index (κ3) is 6.99. The number of halogens is 1. The molecule has 1 N–H and O–H groups in total. The number of carbonyl (C=O) groups is 2. The molecule has 1 saturated carbocycles. The van der Waals surface area contributed by atoms with E-state index in [1.165, 1.54) is 19.3 Å². The molecule has 0 spiro atoms. The third-order valence-electron chi connectivity index (χ3n) is 6.30. The molecule has 0 heterocycles. The van der Waals surface area contributed by atoms with Gasteiger partial charge in [0.15, 0.2) is 0 Å². The number of rotatable bonds is 7. The summed E-state index contributed by atoms with van der Waals surface area (Å²) in [6.07, 6.45) is 6.19. The molecule has 0 bridgehead atoms. The van der Waals surface area contributed by atoms with E-state index in [0.717, 1.165) is 24.1 Å². The Bertz CT molecular complexity index is 1010. The van der Waals surface area contributed by atoms with Crippen LogP contribution >= 0.6 is 11.6 Å². The van der Waals surface area contributed by atoms with Crippen LogP contribution in [0.4, 0.5) is 11.4 Å². The average Bonchev–Trinajstić information content (AvgIpc) is 2.77. The molecule has 2 aromatic carbocycles. The quantitative estimate of drug-likeness (QED) is 0.473. The minimum Gasteiger partial charge on any atom is -0.377 e. The van der Waals surface area contributed by atoms with Crippen molar-refractivity contribution < 1.29 is 9.59 Å². The van der Waals surface area contributed by atoms with Crippen molar-refractivity contribution in [3.05, 3.63) is 58.6 Å². The lowest BCUT2D eigenvalue weighted by atomic mass is 9.89. The zero-order valence-electron chi connectivity index (χ0n) is 21.2. The fourth-order valence-electron chi connectivity index (χ4n) is 4.62. The van der Waals surface area contributed by atoms with Gasteiger partial charge in [-0.3, -0.25) is 9.59 Å². The minimum atomic E-state index is -0.248. The van der Waals surface area contributed by atoms with E-state index < -0.39 is 0 Å². The van der Waals surface area contributed by atoms with Crippen LogP contribution in [0.1, 0.15) is 75.2 Å². The number of benzene rings is 2. The smallest absolute Gasteiger partial charge is 0.257 e. The van der Waals surface area contributed by atoms with E-state index in [-0.39, 0.29) is 23.3 Å². The lowest BCUT2D eigenvalue weighted by Crippen LogP contribution is -2.42. The summed E-state index contributed by atoms with van der Waals surface area (Å²) in [5, 5.41) is 3.40. The zero-order valence-corrected chi connectivity index (χ0v) is 21.9. The molecule has 34 heavy (non-hydrogen) atoms. The highest BCUT2D eigenvalue weighted by molar-refractivity contribution is 6.34. The molecule has 6 heteroatoms. The highest BCUT2D eigenvalue weighted by Crippen LogP contribution is 2.31. The van der Waals surface area contributed by atoms with Gasteiger partial charge < -0.3 is 15.1 Å². The van der Waals surface area contributed by atoms with Crippen LogP contribution < -0.4 is 10.2 Å². The number of nitrogens with one attached hydrogen (secondary N) is 1. The molecular weight excluding hydrogens is 446 g/mol. The summed E-state index contributed by atoms with van der Waals surface area (Å²) >= 11 is 6.21. The SMILES string of the molecule is CN(C)c1ccc(NC(=O)c2ccccc2Cl)cc1CN(C(=O)CC(C)(C)C)C1CCCCC1. The van der Waals surface area contributed by atoms with Crippen molar-refractivity contribution in [1.82, 2.24) is 4.90 Å². The van der Waals surface area contributed by atoms with Gasteiger partial charge in [-0.1, -0.05) is 63.8 Å². The van der Waals surface area contributed by atoms with Gasteiger partial charge in [-0.2, -0.15) is 0 Å². The molecule has 2 aromatic rings. The Balaban J connectivity index is 1.90. The molecule has 0 atom stereocenters. The fraction of sp³-hybridized carbons (Fsp3) is 0.500. The normalized spacial score (nSPS) is 14.5. The number of nitrogens with zero attached hydrogens (tertiary/aromatic N) is 2. The van der Waals surface area contributed by atoms with Crippen molar-refractivity contribution in [3.63, 3.8) is 0 Å². The summed E-state index contributed by atoms with van der Waals surface area (Å²) < 4.78 is 0. The fourth-order valence-corrected chi connectivity index (χ4v) is 4.84. The molecular formula is C28H38ClN3O2. The number of anilines is 2. The first-order valence-electron chi connectivity index (χ1n) is 12.2. The van der Waals surface area contributed by atoms with Crippen LogP contribution in [0.5, 0.6) is 0 Å². The second-order valence-electron chi connectivity index (χ2n) is 10.7. The van der Waals surface area contributed by atoms with E-state index in [4.69, 9.17) is 11.6 Å². The summed E-state index contributed by atoms with van der Waals surface area (Å²) in [5.74, 6) is -0.0447. The number of carbonyl (C=O) groups excluding carboxylic acids is 2. The lowest BCUT2D eigenvalue weighted by Gasteiger charge is -2.37. The molecule has 5 nitrogen and oxygen atoms in total. The highest BCUT2D eigenvalue weighted by Gasteiger charge is 2.29. The average molecular weight is 484 g/mol. The van der Waals surface area contributed by atoms with Gasteiger partial charge in [0.1, 0.15) is 0 Å². The number of hydrogen-bond acceptors (Lipinski definition) is 3. The summed E-state index contributed by atoms with van der Waals surface area (Å²) in [6, 6.07) is 13.2. The summed E-state index contributed by atoms with van der Waals surface area (Å²) in [5.41, 5.74) is 3.12. The molecule has 1 fully saturated rings. The second kappa shape index (κ2) is 11.3. The summed E-state index contributed by atoms with van der Waals surface area (Å²) in [6.45, 7) is 6.86. The van der Waals surface area contributed by atoms with Crippen LogP contribution in [0.2, 0.25) is 5.02 Å². The van der Waals surface area contributed by atoms with Crippen molar-refractivity contribution in [1.29, 1.82) is 0 Å². The van der Waals surface area contributed by atoms with Crippen LogP contribution in [0.3, 0.4) is 0 Å². The predicted octanol–water partition coefficient (Wildman–Crippen LogP) is 6.76. The van der Waals surface area contributed by atoms with E-state index in [1.54, 1.807) is 24.3 Å². The largest absolute Gasteiger partial charge is 0.377 e. The maximum atomic E-state index is 13.5. The van der Waals surface area contributed by atoms with Gasteiger partial charge in [0.25, 0.3) is 5.91 Å². The van der Waals surface area contributed by atoms with Crippen molar-refractivity contribution >= 4 is 34.8 Å². The van der Waals surface area contributed by atoms with Gasteiger partial charge in [0.05, 0.1) is 10.6 Å². The first kappa shape index (κ1) is 26.1. The number of amides is 2. The first-order chi connectivity index (χ1) is 16.0. The van der Waals surface area contributed by atoms with Crippen molar-refractivity contribution in [2.45, 2.75) is 71.9 Å². The standard InChI is InChI=1S/C28H38ClN3O2/c1-28(2,3)18-26(33)32(22-11-7-6-8-12-22)19-20-17-21(15-16-25(20)31(4)5)30-27(34)23-13-9-10-14-24(23)29/h9-10,13-17,22H,6-8,11-12,18-19H2,1-5H3,(H,30,34). The maximum absolute atomic E-state index is 13.5. The Hall–Kier alpha value is -2.53. The Morgan fingerprint density at radius 1 is 1.03 bits per heavy atom.